The molecule has 0 amide bonds. The number of benzene rings is 1. The van der Waals surface area contributed by atoms with Crippen molar-refractivity contribution in [3.05, 3.63) is 35.7 Å². The number of nitrogens with zero attached hydrogens (tertiary/aromatic N) is 1. The fourth-order valence-corrected chi connectivity index (χ4v) is 3.62. The highest BCUT2D eigenvalue weighted by Gasteiger charge is 2.31. The van der Waals surface area contributed by atoms with Gasteiger partial charge in [0.2, 0.25) is 0 Å². The van der Waals surface area contributed by atoms with Gasteiger partial charge in [0, 0.05) is 17.0 Å². The van der Waals surface area contributed by atoms with Gasteiger partial charge in [-0.05, 0) is 12.8 Å². The molecule has 21 heavy (non-hydrogen) atoms. The number of aliphatic carboxylic acids is 1. The molecule has 1 aliphatic carbocycles. The van der Waals surface area contributed by atoms with Crippen molar-refractivity contribution >= 4 is 22.4 Å². The Morgan fingerprint density at radius 2 is 2.00 bits per heavy atom. The van der Waals surface area contributed by atoms with E-state index in [0.29, 0.717) is 0 Å². The first-order chi connectivity index (χ1) is 10.2. The molecule has 0 saturated heterocycles. The van der Waals surface area contributed by atoms with Crippen molar-refractivity contribution in [2.75, 3.05) is 5.32 Å². The lowest BCUT2D eigenvalue weighted by atomic mass is 9.85. The van der Waals surface area contributed by atoms with Crippen LogP contribution in [0.2, 0.25) is 0 Å². The van der Waals surface area contributed by atoms with Gasteiger partial charge in [-0.1, -0.05) is 43.2 Å². The molecule has 2 N–H and O–H groups in total. The monoisotopic (exact) mass is 302 g/mol. The van der Waals surface area contributed by atoms with E-state index in [1.807, 2.05) is 35.7 Å². The van der Waals surface area contributed by atoms with E-state index in [1.165, 1.54) is 11.3 Å². The second-order valence-corrected chi connectivity index (χ2v) is 6.24. The van der Waals surface area contributed by atoms with E-state index in [9.17, 15) is 9.90 Å². The van der Waals surface area contributed by atoms with Crippen LogP contribution in [0.4, 0.5) is 5.13 Å². The van der Waals surface area contributed by atoms with Crippen molar-refractivity contribution in [3.63, 3.8) is 0 Å². The first-order valence-electron chi connectivity index (χ1n) is 7.24. The number of carboxylic acids is 1. The first kappa shape index (κ1) is 14.1. The molecule has 0 spiro atoms. The third-order valence-corrected chi connectivity index (χ3v) is 4.74. The number of aromatic nitrogens is 1. The summed E-state index contributed by atoms with van der Waals surface area (Å²) in [5, 5.41) is 15.5. The molecule has 110 valence electrons. The Balaban J connectivity index is 1.73. The van der Waals surface area contributed by atoms with Crippen LogP contribution in [0.15, 0.2) is 35.7 Å². The van der Waals surface area contributed by atoms with Crippen LogP contribution in [0, 0.1) is 5.92 Å². The molecule has 1 aliphatic rings. The van der Waals surface area contributed by atoms with Crippen molar-refractivity contribution < 1.29 is 9.90 Å². The SMILES string of the molecule is O=C(O)C1CCCCC1Nc1nc(-c2ccccc2)cs1. The van der Waals surface area contributed by atoms with Crippen LogP contribution >= 0.6 is 11.3 Å². The molecular formula is C16H18N2O2S. The zero-order chi connectivity index (χ0) is 14.7. The Morgan fingerprint density at radius 1 is 1.24 bits per heavy atom. The van der Waals surface area contributed by atoms with Gasteiger partial charge in [0.05, 0.1) is 11.6 Å². The van der Waals surface area contributed by atoms with Gasteiger partial charge in [-0.25, -0.2) is 4.98 Å². The number of thiazole rings is 1. The molecule has 3 rings (SSSR count). The first-order valence-corrected chi connectivity index (χ1v) is 8.12. The minimum absolute atomic E-state index is 0.00831. The van der Waals surface area contributed by atoms with Gasteiger partial charge in [0.1, 0.15) is 0 Å². The van der Waals surface area contributed by atoms with E-state index in [1.54, 1.807) is 0 Å². The molecule has 1 fully saturated rings. The lowest BCUT2D eigenvalue weighted by Crippen LogP contribution is -2.37. The number of nitrogens with one attached hydrogen (secondary N) is 1. The van der Waals surface area contributed by atoms with Crippen molar-refractivity contribution in [1.29, 1.82) is 0 Å². The van der Waals surface area contributed by atoms with Gasteiger partial charge < -0.3 is 10.4 Å². The van der Waals surface area contributed by atoms with E-state index in [0.717, 1.165) is 42.1 Å². The Morgan fingerprint density at radius 3 is 2.76 bits per heavy atom. The topological polar surface area (TPSA) is 62.2 Å². The largest absolute Gasteiger partial charge is 0.481 e. The zero-order valence-electron chi connectivity index (χ0n) is 11.7. The average molecular weight is 302 g/mol. The predicted molar refractivity (Wildman–Crippen MR) is 84.6 cm³/mol. The van der Waals surface area contributed by atoms with Crippen molar-refractivity contribution in [2.24, 2.45) is 5.92 Å². The lowest BCUT2D eigenvalue weighted by molar-refractivity contribution is -0.143. The van der Waals surface area contributed by atoms with E-state index in [-0.39, 0.29) is 12.0 Å². The maximum Gasteiger partial charge on any atom is 0.308 e. The standard InChI is InChI=1S/C16H18N2O2S/c19-15(20)12-8-4-5-9-13(12)17-16-18-14(10-21-16)11-6-2-1-3-7-11/h1-3,6-7,10,12-13H,4-5,8-9H2,(H,17,18)(H,19,20). The van der Waals surface area contributed by atoms with Crippen LogP contribution in [0.3, 0.4) is 0 Å². The average Bonchev–Trinajstić information content (AvgIpc) is 2.97. The fourth-order valence-electron chi connectivity index (χ4n) is 2.84. The molecule has 0 bridgehead atoms. The second-order valence-electron chi connectivity index (χ2n) is 5.38. The molecule has 2 aromatic rings. The summed E-state index contributed by atoms with van der Waals surface area (Å²) in [6.07, 6.45) is 3.74. The third-order valence-electron chi connectivity index (χ3n) is 3.97. The van der Waals surface area contributed by atoms with Gasteiger partial charge in [0.25, 0.3) is 0 Å². The Labute approximate surface area is 127 Å². The maximum absolute atomic E-state index is 11.3. The highest BCUT2D eigenvalue weighted by molar-refractivity contribution is 7.14. The van der Waals surface area contributed by atoms with Crippen LogP contribution in [0.5, 0.6) is 0 Å². The summed E-state index contributed by atoms with van der Waals surface area (Å²) in [5.74, 6) is -1.00. The number of carbonyl (C=O) groups is 1. The Bertz CT molecular complexity index is 612. The highest BCUT2D eigenvalue weighted by atomic mass is 32.1. The number of rotatable bonds is 4. The van der Waals surface area contributed by atoms with E-state index >= 15 is 0 Å². The molecule has 0 radical (unpaired) electrons. The van der Waals surface area contributed by atoms with E-state index in [2.05, 4.69) is 10.3 Å². The molecule has 4 nitrogen and oxygen atoms in total. The van der Waals surface area contributed by atoms with Crippen LogP contribution in [0.1, 0.15) is 25.7 Å². The molecule has 1 saturated carbocycles. The van der Waals surface area contributed by atoms with E-state index in [4.69, 9.17) is 0 Å². The summed E-state index contributed by atoms with van der Waals surface area (Å²) < 4.78 is 0. The summed E-state index contributed by atoms with van der Waals surface area (Å²) in [6.45, 7) is 0. The van der Waals surface area contributed by atoms with Crippen LogP contribution < -0.4 is 5.32 Å². The van der Waals surface area contributed by atoms with E-state index < -0.39 is 5.97 Å². The molecule has 1 heterocycles. The Hall–Kier alpha value is -1.88. The third kappa shape index (κ3) is 3.24. The van der Waals surface area contributed by atoms with Gasteiger partial charge in [0.15, 0.2) is 5.13 Å². The predicted octanol–water partition coefficient (Wildman–Crippen LogP) is 3.87. The van der Waals surface area contributed by atoms with Gasteiger partial charge in [-0.2, -0.15) is 0 Å². The molecular weight excluding hydrogens is 284 g/mol. The van der Waals surface area contributed by atoms with Crippen LogP contribution in [0.25, 0.3) is 11.3 Å². The van der Waals surface area contributed by atoms with Crippen molar-refractivity contribution in [2.45, 2.75) is 31.7 Å². The molecule has 1 aromatic carbocycles. The molecule has 0 aliphatic heterocycles. The number of hydrogen-bond acceptors (Lipinski definition) is 4. The number of hydrogen-bond donors (Lipinski definition) is 2. The van der Waals surface area contributed by atoms with Crippen LogP contribution in [-0.4, -0.2) is 22.1 Å². The van der Waals surface area contributed by atoms with Crippen molar-refractivity contribution in [3.8, 4) is 11.3 Å². The maximum atomic E-state index is 11.3. The van der Waals surface area contributed by atoms with Crippen molar-refractivity contribution in [1.82, 2.24) is 4.98 Å². The summed E-state index contributed by atoms with van der Waals surface area (Å²) in [4.78, 5) is 15.9. The molecule has 5 heteroatoms. The van der Waals surface area contributed by atoms with Gasteiger partial charge in [-0.3, -0.25) is 4.79 Å². The lowest BCUT2D eigenvalue weighted by Gasteiger charge is -2.28. The normalized spacial score (nSPS) is 21.9. The Kier molecular flexibility index (Phi) is 4.20. The van der Waals surface area contributed by atoms with Crippen LogP contribution in [-0.2, 0) is 4.79 Å². The highest BCUT2D eigenvalue weighted by Crippen LogP contribution is 2.30. The smallest absolute Gasteiger partial charge is 0.308 e. The number of anilines is 1. The minimum atomic E-state index is -0.702. The molecule has 2 atom stereocenters. The summed E-state index contributed by atoms with van der Waals surface area (Å²) in [6, 6.07) is 10.0. The summed E-state index contributed by atoms with van der Waals surface area (Å²) in [7, 11) is 0. The second kappa shape index (κ2) is 6.26. The summed E-state index contributed by atoms with van der Waals surface area (Å²) in [5.41, 5.74) is 2.02. The summed E-state index contributed by atoms with van der Waals surface area (Å²) >= 11 is 1.54. The zero-order valence-corrected chi connectivity index (χ0v) is 12.5. The van der Waals surface area contributed by atoms with Gasteiger partial charge >= 0.3 is 5.97 Å². The quantitative estimate of drug-likeness (QED) is 0.900. The number of carboxylic acid groups (broad SMARTS) is 1. The van der Waals surface area contributed by atoms with Gasteiger partial charge in [-0.15, -0.1) is 11.3 Å². The fraction of sp³-hybridized carbons (Fsp3) is 0.375. The molecule has 2 unspecified atom stereocenters. The molecule has 1 aromatic heterocycles. The minimum Gasteiger partial charge on any atom is -0.481 e.